The molecular formula is C13H26N2O2. The van der Waals surface area contributed by atoms with Gasteiger partial charge >= 0.3 is 0 Å². The predicted octanol–water partition coefficient (Wildman–Crippen LogP) is 1.00. The van der Waals surface area contributed by atoms with Crippen molar-refractivity contribution in [3.63, 3.8) is 0 Å². The number of hydrogen-bond acceptors (Lipinski definition) is 4. The van der Waals surface area contributed by atoms with Crippen LogP contribution in [0.15, 0.2) is 0 Å². The summed E-state index contributed by atoms with van der Waals surface area (Å²) in [6.45, 7) is 2.67. The zero-order valence-corrected chi connectivity index (χ0v) is 11.8. The molecule has 0 N–H and O–H groups in total. The van der Waals surface area contributed by atoms with Gasteiger partial charge in [-0.3, -0.25) is 4.79 Å². The average Bonchev–Trinajstić information content (AvgIpc) is 2.58. The van der Waals surface area contributed by atoms with E-state index in [9.17, 15) is 4.79 Å². The molecule has 0 saturated carbocycles. The van der Waals surface area contributed by atoms with Gasteiger partial charge in [-0.2, -0.15) is 0 Å². The smallest absolute Gasteiger partial charge is 0.131 e. The number of likely N-dealkylation sites (N-methyl/N-ethyl adjacent to an activating group) is 1. The SMILES string of the molecule is COC1CC(CC(CC(C)=O)N(C)C)N(C)C1. The van der Waals surface area contributed by atoms with Gasteiger partial charge in [0.05, 0.1) is 6.10 Å². The highest BCUT2D eigenvalue weighted by Gasteiger charge is 2.31. The summed E-state index contributed by atoms with van der Waals surface area (Å²) in [6, 6.07) is 0.877. The van der Waals surface area contributed by atoms with Crippen molar-refractivity contribution in [2.24, 2.45) is 0 Å². The van der Waals surface area contributed by atoms with Crippen LogP contribution in [-0.4, -0.2) is 68.6 Å². The minimum absolute atomic E-state index is 0.271. The number of ether oxygens (including phenoxy) is 1. The van der Waals surface area contributed by atoms with Gasteiger partial charge in [0.1, 0.15) is 5.78 Å². The molecule has 0 aromatic rings. The van der Waals surface area contributed by atoms with E-state index >= 15 is 0 Å². The van der Waals surface area contributed by atoms with E-state index in [2.05, 4.69) is 30.9 Å². The second-order valence-corrected chi connectivity index (χ2v) is 5.45. The number of nitrogens with zero attached hydrogens (tertiary/aromatic N) is 2. The third-order valence-electron chi connectivity index (χ3n) is 3.78. The minimum atomic E-state index is 0.271. The molecule has 0 spiro atoms. The van der Waals surface area contributed by atoms with Crippen LogP contribution in [0.2, 0.25) is 0 Å². The number of hydrogen-bond donors (Lipinski definition) is 0. The van der Waals surface area contributed by atoms with Crippen LogP contribution < -0.4 is 0 Å². The Kier molecular flexibility index (Phi) is 5.56. The van der Waals surface area contributed by atoms with Gasteiger partial charge in [-0.05, 0) is 40.9 Å². The lowest BCUT2D eigenvalue weighted by Gasteiger charge is -2.29. The maximum Gasteiger partial charge on any atom is 0.131 e. The quantitative estimate of drug-likeness (QED) is 0.696. The van der Waals surface area contributed by atoms with Crippen LogP contribution in [0.25, 0.3) is 0 Å². The largest absolute Gasteiger partial charge is 0.380 e. The zero-order chi connectivity index (χ0) is 13.0. The van der Waals surface area contributed by atoms with Crippen LogP contribution >= 0.6 is 0 Å². The number of Topliss-reactive ketones (excluding diaryl/α,β-unsaturated/α-hetero) is 1. The van der Waals surface area contributed by atoms with Crippen molar-refractivity contribution >= 4 is 5.78 Å². The molecule has 0 radical (unpaired) electrons. The molecule has 1 aliphatic rings. The molecule has 4 nitrogen and oxygen atoms in total. The van der Waals surface area contributed by atoms with Gasteiger partial charge in [0, 0.05) is 32.2 Å². The minimum Gasteiger partial charge on any atom is -0.380 e. The van der Waals surface area contributed by atoms with Gasteiger partial charge < -0.3 is 14.5 Å². The summed E-state index contributed by atoms with van der Waals surface area (Å²) in [4.78, 5) is 15.8. The number of ketones is 1. The number of carbonyl (C=O) groups excluding carboxylic acids is 1. The first-order chi connectivity index (χ1) is 7.93. The van der Waals surface area contributed by atoms with Crippen molar-refractivity contribution in [1.82, 2.24) is 9.80 Å². The first-order valence-electron chi connectivity index (χ1n) is 6.33. The molecule has 0 aromatic carbocycles. The second-order valence-electron chi connectivity index (χ2n) is 5.45. The number of likely N-dealkylation sites (tertiary alicyclic amines) is 1. The highest BCUT2D eigenvalue weighted by molar-refractivity contribution is 5.76. The molecule has 100 valence electrons. The van der Waals surface area contributed by atoms with E-state index in [-0.39, 0.29) is 5.78 Å². The van der Waals surface area contributed by atoms with Crippen molar-refractivity contribution in [2.45, 2.75) is 44.4 Å². The van der Waals surface area contributed by atoms with Gasteiger partial charge in [-0.1, -0.05) is 0 Å². The Balaban J connectivity index is 2.52. The summed E-state index contributed by atoms with van der Waals surface area (Å²) in [5.41, 5.74) is 0. The lowest BCUT2D eigenvalue weighted by Crippen LogP contribution is -2.37. The fourth-order valence-electron chi connectivity index (χ4n) is 2.60. The number of methoxy groups -OCH3 is 1. The van der Waals surface area contributed by atoms with Gasteiger partial charge in [-0.15, -0.1) is 0 Å². The van der Waals surface area contributed by atoms with E-state index in [0.717, 1.165) is 19.4 Å². The topological polar surface area (TPSA) is 32.8 Å². The fourth-order valence-corrected chi connectivity index (χ4v) is 2.60. The maximum atomic E-state index is 11.3. The molecule has 17 heavy (non-hydrogen) atoms. The van der Waals surface area contributed by atoms with Gasteiger partial charge in [-0.25, -0.2) is 0 Å². The Morgan fingerprint density at radius 2 is 2.18 bits per heavy atom. The molecule has 3 atom stereocenters. The van der Waals surface area contributed by atoms with Crippen LogP contribution in [0.3, 0.4) is 0 Å². The van der Waals surface area contributed by atoms with Crippen molar-refractivity contribution in [2.75, 3.05) is 34.8 Å². The highest BCUT2D eigenvalue weighted by atomic mass is 16.5. The summed E-state index contributed by atoms with van der Waals surface area (Å²) in [5.74, 6) is 0.271. The first-order valence-corrected chi connectivity index (χ1v) is 6.33. The van der Waals surface area contributed by atoms with Crippen LogP contribution in [0.4, 0.5) is 0 Å². The van der Waals surface area contributed by atoms with Crippen molar-refractivity contribution in [3.05, 3.63) is 0 Å². The molecule has 0 amide bonds. The van der Waals surface area contributed by atoms with Gasteiger partial charge in [0.2, 0.25) is 0 Å². The van der Waals surface area contributed by atoms with E-state index in [0.29, 0.717) is 24.6 Å². The summed E-state index contributed by atoms with van der Waals surface area (Å²) in [6.07, 6.45) is 3.12. The molecule has 1 heterocycles. The van der Waals surface area contributed by atoms with E-state index in [1.807, 2.05) is 0 Å². The van der Waals surface area contributed by atoms with E-state index in [4.69, 9.17) is 4.74 Å². The standard InChI is InChI=1S/C13H26N2O2/c1-10(16)6-11(14(2)3)7-12-8-13(17-5)9-15(12)4/h11-13H,6-9H2,1-5H3. The molecule has 0 aliphatic carbocycles. The third kappa shape index (κ3) is 4.37. The Morgan fingerprint density at radius 3 is 2.59 bits per heavy atom. The normalized spacial score (nSPS) is 27.6. The monoisotopic (exact) mass is 242 g/mol. The molecule has 0 aromatic heterocycles. The molecule has 1 rings (SSSR count). The summed E-state index contributed by atoms with van der Waals surface area (Å²) in [7, 11) is 8.02. The number of carbonyl (C=O) groups is 1. The molecule has 0 bridgehead atoms. The van der Waals surface area contributed by atoms with Crippen LogP contribution in [0, 0.1) is 0 Å². The Bertz CT molecular complexity index is 256. The van der Waals surface area contributed by atoms with Crippen molar-refractivity contribution in [3.8, 4) is 0 Å². The van der Waals surface area contributed by atoms with Crippen LogP contribution in [0.5, 0.6) is 0 Å². The molecule has 1 saturated heterocycles. The molecule has 3 unspecified atom stereocenters. The Labute approximate surface area is 105 Å². The number of rotatable bonds is 6. The summed E-state index contributed by atoms with van der Waals surface area (Å²) in [5, 5.41) is 0. The zero-order valence-electron chi connectivity index (χ0n) is 11.8. The van der Waals surface area contributed by atoms with Crippen LogP contribution in [0.1, 0.15) is 26.2 Å². The van der Waals surface area contributed by atoms with Crippen molar-refractivity contribution < 1.29 is 9.53 Å². The maximum absolute atomic E-state index is 11.3. The van der Waals surface area contributed by atoms with E-state index in [1.165, 1.54) is 0 Å². The predicted molar refractivity (Wildman–Crippen MR) is 69.2 cm³/mol. The summed E-state index contributed by atoms with van der Waals surface area (Å²) >= 11 is 0. The first kappa shape index (κ1) is 14.6. The van der Waals surface area contributed by atoms with Gasteiger partial charge in [0.15, 0.2) is 0 Å². The van der Waals surface area contributed by atoms with Gasteiger partial charge in [0.25, 0.3) is 0 Å². The van der Waals surface area contributed by atoms with E-state index < -0.39 is 0 Å². The molecular weight excluding hydrogens is 216 g/mol. The van der Waals surface area contributed by atoms with E-state index in [1.54, 1.807) is 14.0 Å². The Morgan fingerprint density at radius 1 is 1.53 bits per heavy atom. The third-order valence-corrected chi connectivity index (χ3v) is 3.78. The Hall–Kier alpha value is -0.450. The van der Waals surface area contributed by atoms with Crippen molar-refractivity contribution in [1.29, 1.82) is 0 Å². The summed E-state index contributed by atoms with van der Waals surface area (Å²) < 4.78 is 5.41. The van der Waals surface area contributed by atoms with Crippen LogP contribution in [-0.2, 0) is 9.53 Å². The average molecular weight is 242 g/mol. The second kappa shape index (κ2) is 6.47. The molecule has 1 aliphatic heterocycles. The highest BCUT2D eigenvalue weighted by Crippen LogP contribution is 2.24. The lowest BCUT2D eigenvalue weighted by atomic mass is 9.99. The fraction of sp³-hybridized carbons (Fsp3) is 0.923. The molecule has 1 fully saturated rings. The molecule has 4 heteroatoms. The lowest BCUT2D eigenvalue weighted by molar-refractivity contribution is -0.118.